The number of rotatable bonds is 5. The molecule has 20 heavy (non-hydrogen) atoms. The maximum atomic E-state index is 10.9. The van der Waals surface area contributed by atoms with Gasteiger partial charge in [0.15, 0.2) is 0 Å². The molecule has 0 saturated heterocycles. The summed E-state index contributed by atoms with van der Waals surface area (Å²) in [6.45, 7) is 0.497. The summed E-state index contributed by atoms with van der Waals surface area (Å²) in [4.78, 5) is 10.9. The molecule has 104 valence electrons. The molecular formula is C15H15NO4. The van der Waals surface area contributed by atoms with Crippen molar-refractivity contribution in [2.75, 3.05) is 12.8 Å². The minimum absolute atomic E-state index is 0.0606. The Kier molecular flexibility index (Phi) is 4.22. The van der Waals surface area contributed by atoms with Crippen molar-refractivity contribution in [1.29, 1.82) is 0 Å². The summed E-state index contributed by atoms with van der Waals surface area (Å²) in [5, 5.41) is 8.91. The number of hydrogen-bond donors (Lipinski definition) is 2. The summed E-state index contributed by atoms with van der Waals surface area (Å²) in [7, 11) is 1.62. The third-order valence-corrected chi connectivity index (χ3v) is 2.70. The molecule has 0 amide bonds. The van der Waals surface area contributed by atoms with E-state index in [9.17, 15) is 4.79 Å². The summed E-state index contributed by atoms with van der Waals surface area (Å²) in [6, 6.07) is 11.9. The first-order chi connectivity index (χ1) is 9.60. The van der Waals surface area contributed by atoms with Crippen LogP contribution in [0.3, 0.4) is 0 Å². The Morgan fingerprint density at radius 1 is 1.20 bits per heavy atom. The van der Waals surface area contributed by atoms with Gasteiger partial charge in [-0.2, -0.15) is 0 Å². The Morgan fingerprint density at radius 3 is 2.60 bits per heavy atom. The molecule has 2 rings (SSSR count). The second-order valence-electron chi connectivity index (χ2n) is 4.24. The Labute approximate surface area is 116 Å². The van der Waals surface area contributed by atoms with Gasteiger partial charge >= 0.3 is 5.97 Å². The molecule has 0 atom stereocenters. The zero-order chi connectivity index (χ0) is 14.5. The van der Waals surface area contributed by atoms with E-state index >= 15 is 0 Å². The molecule has 0 heterocycles. The smallest absolute Gasteiger partial charge is 0.337 e. The van der Waals surface area contributed by atoms with Crippen LogP contribution in [0.5, 0.6) is 11.5 Å². The van der Waals surface area contributed by atoms with E-state index < -0.39 is 5.97 Å². The molecule has 0 fully saturated rings. The largest absolute Gasteiger partial charge is 0.478 e. The van der Waals surface area contributed by atoms with Crippen LogP contribution in [-0.2, 0) is 11.3 Å². The molecule has 0 bridgehead atoms. The van der Waals surface area contributed by atoms with Crippen molar-refractivity contribution >= 4 is 11.7 Å². The number of anilines is 1. The van der Waals surface area contributed by atoms with Gasteiger partial charge < -0.3 is 20.3 Å². The highest BCUT2D eigenvalue weighted by molar-refractivity contribution is 5.93. The first kappa shape index (κ1) is 13.9. The minimum atomic E-state index is -1.06. The Morgan fingerprint density at radius 2 is 1.95 bits per heavy atom. The quantitative estimate of drug-likeness (QED) is 0.818. The number of nitrogen functional groups attached to an aromatic ring is 1. The van der Waals surface area contributed by atoms with Crippen LogP contribution in [0, 0.1) is 0 Å². The molecule has 3 N–H and O–H groups in total. The molecule has 0 aromatic heterocycles. The molecule has 2 aromatic rings. The third-order valence-electron chi connectivity index (χ3n) is 2.70. The van der Waals surface area contributed by atoms with Crippen molar-refractivity contribution in [3.8, 4) is 11.5 Å². The SMILES string of the molecule is COCc1cccc(Oc2ccc(C(=O)O)c(N)c2)c1. The lowest BCUT2D eigenvalue weighted by Crippen LogP contribution is -2.02. The molecule has 0 unspecified atom stereocenters. The lowest BCUT2D eigenvalue weighted by molar-refractivity contribution is 0.0698. The molecule has 5 heteroatoms. The molecule has 5 nitrogen and oxygen atoms in total. The van der Waals surface area contributed by atoms with E-state index in [1.165, 1.54) is 12.1 Å². The zero-order valence-corrected chi connectivity index (χ0v) is 11.0. The predicted octanol–water partition coefficient (Wildman–Crippen LogP) is 2.91. The van der Waals surface area contributed by atoms with Crippen LogP contribution in [0.2, 0.25) is 0 Å². The van der Waals surface area contributed by atoms with Crippen molar-refractivity contribution in [2.24, 2.45) is 0 Å². The molecule has 0 aliphatic heterocycles. The van der Waals surface area contributed by atoms with E-state index in [-0.39, 0.29) is 11.3 Å². The molecule has 0 spiro atoms. The fourth-order valence-corrected chi connectivity index (χ4v) is 1.80. The van der Waals surface area contributed by atoms with Crippen LogP contribution in [0.4, 0.5) is 5.69 Å². The maximum Gasteiger partial charge on any atom is 0.337 e. The van der Waals surface area contributed by atoms with Gasteiger partial charge in [-0.25, -0.2) is 4.79 Å². The number of nitrogens with two attached hydrogens (primary N) is 1. The highest BCUT2D eigenvalue weighted by Gasteiger charge is 2.09. The Balaban J connectivity index is 2.19. The van der Waals surface area contributed by atoms with E-state index in [1.54, 1.807) is 19.2 Å². The van der Waals surface area contributed by atoms with Crippen LogP contribution >= 0.6 is 0 Å². The molecule has 2 aromatic carbocycles. The average Bonchev–Trinajstić information content (AvgIpc) is 2.39. The molecule has 0 aliphatic rings. The topological polar surface area (TPSA) is 81.8 Å². The number of ether oxygens (including phenoxy) is 2. The second kappa shape index (κ2) is 6.08. The van der Waals surface area contributed by atoms with Gasteiger partial charge in [-0.05, 0) is 29.8 Å². The number of carboxylic acids is 1. The average molecular weight is 273 g/mol. The van der Waals surface area contributed by atoms with E-state index in [4.69, 9.17) is 20.3 Å². The summed E-state index contributed by atoms with van der Waals surface area (Å²) in [5.74, 6) is 0.0697. The lowest BCUT2D eigenvalue weighted by Gasteiger charge is -2.09. The van der Waals surface area contributed by atoms with Crippen LogP contribution in [0.1, 0.15) is 15.9 Å². The van der Waals surface area contributed by atoms with Crippen LogP contribution in [0.25, 0.3) is 0 Å². The van der Waals surface area contributed by atoms with Gasteiger partial charge in [0, 0.05) is 18.9 Å². The minimum Gasteiger partial charge on any atom is -0.478 e. The number of aromatic carboxylic acids is 1. The molecule has 0 saturated carbocycles. The standard InChI is InChI=1S/C15H15NO4/c1-19-9-10-3-2-4-11(7-10)20-12-5-6-13(15(17)18)14(16)8-12/h2-8H,9,16H2,1H3,(H,17,18). The number of methoxy groups -OCH3 is 1. The molecule has 0 aliphatic carbocycles. The number of carboxylic acid groups (broad SMARTS) is 1. The van der Waals surface area contributed by atoms with Gasteiger partial charge in [-0.15, -0.1) is 0 Å². The van der Waals surface area contributed by atoms with Crippen molar-refractivity contribution in [3.63, 3.8) is 0 Å². The summed E-state index contributed by atoms with van der Waals surface area (Å²) in [5.41, 5.74) is 6.89. The van der Waals surface area contributed by atoms with E-state index in [0.29, 0.717) is 18.1 Å². The van der Waals surface area contributed by atoms with Crippen molar-refractivity contribution in [2.45, 2.75) is 6.61 Å². The van der Waals surface area contributed by atoms with Gasteiger partial charge in [0.25, 0.3) is 0 Å². The highest BCUT2D eigenvalue weighted by atomic mass is 16.5. The zero-order valence-electron chi connectivity index (χ0n) is 11.0. The van der Waals surface area contributed by atoms with Gasteiger partial charge in [-0.1, -0.05) is 12.1 Å². The van der Waals surface area contributed by atoms with Gasteiger partial charge in [-0.3, -0.25) is 0 Å². The van der Waals surface area contributed by atoms with Crippen molar-refractivity contribution < 1.29 is 19.4 Å². The predicted molar refractivity (Wildman–Crippen MR) is 75.0 cm³/mol. The van der Waals surface area contributed by atoms with E-state index in [1.807, 2.05) is 18.2 Å². The van der Waals surface area contributed by atoms with Crippen LogP contribution < -0.4 is 10.5 Å². The van der Waals surface area contributed by atoms with Crippen molar-refractivity contribution in [1.82, 2.24) is 0 Å². The second-order valence-corrected chi connectivity index (χ2v) is 4.24. The highest BCUT2D eigenvalue weighted by Crippen LogP contribution is 2.26. The lowest BCUT2D eigenvalue weighted by atomic mass is 10.2. The fraction of sp³-hybridized carbons (Fsp3) is 0.133. The van der Waals surface area contributed by atoms with Gasteiger partial charge in [0.05, 0.1) is 12.2 Å². The van der Waals surface area contributed by atoms with Gasteiger partial charge in [0.2, 0.25) is 0 Å². The normalized spacial score (nSPS) is 10.2. The summed E-state index contributed by atoms with van der Waals surface area (Å²) < 4.78 is 10.7. The van der Waals surface area contributed by atoms with Crippen LogP contribution in [0.15, 0.2) is 42.5 Å². The van der Waals surface area contributed by atoms with Crippen LogP contribution in [-0.4, -0.2) is 18.2 Å². The Hall–Kier alpha value is -2.53. The van der Waals surface area contributed by atoms with E-state index in [0.717, 1.165) is 5.56 Å². The van der Waals surface area contributed by atoms with Crippen molar-refractivity contribution in [3.05, 3.63) is 53.6 Å². The molecule has 0 radical (unpaired) electrons. The number of carbonyl (C=O) groups is 1. The van der Waals surface area contributed by atoms with E-state index in [2.05, 4.69) is 0 Å². The Bertz CT molecular complexity index is 625. The summed E-state index contributed by atoms with van der Waals surface area (Å²) >= 11 is 0. The third kappa shape index (κ3) is 3.27. The van der Waals surface area contributed by atoms with Gasteiger partial charge in [0.1, 0.15) is 11.5 Å². The number of hydrogen-bond acceptors (Lipinski definition) is 4. The monoisotopic (exact) mass is 273 g/mol. The summed E-state index contributed by atoms with van der Waals surface area (Å²) in [6.07, 6.45) is 0. The maximum absolute atomic E-state index is 10.9. The molecular weight excluding hydrogens is 258 g/mol. The number of benzene rings is 2. The fourth-order valence-electron chi connectivity index (χ4n) is 1.80. The first-order valence-electron chi connectivity index (χ1n) is 5.98. The first-order valence-corrected chi connectivity index (χ1v) is 5.98.